The van der Waals surface area contributed by atoms with Crippen molar-refractivity contribution in [2.75, 3.05) is 11.5 Å². The Morgan fingerprint density at radius 3 is 2.58 bits per heavy atom. The fraction of sp³-hybridized carbons (Fsp3) is 0.600. The third-order valence-electron chi connectivity index (χ3n) is 2.77. The average molecular weight is 358 g/mol. The lowest BCUT2D eigenvalue weighted by atomic mass is 10.2. The first-order valence-electron chi connectivity index (χ1n) is 5.56. The van der Waals surface area contributed by atoms with Crippen LogP contribution in [-0.4, -0.2) is 33.4 Å². The number of carbonyl (C=O) groups excluding carboxylic acids is 1. The van der Waals surface area contributed by atoms with Gasteiger partial charge in [0, 0.05) is 17.7 Å². The SMILES string of the molecule is O=C(N=S1CCC(n2cc(Br)cn2)CC1)C(F)(F)F. The molecule has 2 rings (SSSR count). The minimum atomic E-state index is -4.85. The number of nitrogens with zero attached hydrogens (tertiary/aromatic N) is 3. The quantitative estimate of drug-likeness (QED) is 0.775. The van der Waals surface area contributed by atoms with Gasteiger partial charge in [-0.05, 0) is 28.8 Å². The van der Waals surface area contributed by atoms with Crippen LogP contribution in [0.25, 0.3) is 0 Å². The van der Waals surface area contributed by atoms with E-state index in [9.17, 15) is 18.0 Å². The van der Waals surface area contributed by atoms with E-state index in [-0.39, 0.29) is 6.04 Å². The first kappa shape index (κ1) is 14.7. The van der Waals surface area contributed by atoms with Gasteiger partial charge >= 0.3 is 12.1 Å². The van der Waals surface area contributed by atoms with Crippen LogP contribution in [0.1, 0.15) is 18.9 Å². The van der Waals surface area contributed by atoms with E-state index < -0.39 is 22.8 Å². The summed E-state index contributed by atoms with van der Waals surface area (Å²) in [6.07, 6.45) is 0.0342. The number of alkyl halides is 3. The Morgan fingerprint density at radius 2 is 2.11 bits per heavy atom. The number of hydrogen-bond acceptors (Lipinski definition) is 2. The van der Waals surface area contributed by atoms with Crippen molar-refractivity contribution in [1.29, 1.82) is 0 Å². The molecule has 0 aromatic carbocycles. The van der Waals surface area contributed by atoms with E-state index in [2.05, 4.69) is 25.4 Å². The van der Waals surface area contributed by atoms with Gasteiger partial charge in [-0.1, -0.05) is 10.7 Å². The smallest absolute Gasteiger partial charge is 0.268 e. The second-order valence-electron chi connectivity index (χ2n) is 4.13. The van der Waals surface area contributed by atoms with Gasteiger partial charge in [0.2, 0.25) is 0 Å². The van der Waals surface area contributed by atoms with E-state index in [1.807, 2.05) is 6.20 Å². The molecule has 0 bridgehead atoms. The number of amides is 1. The van der Waals surface area contributed by atoms with Crippen LogP contribution in [0.2, 0.25) is 0 Å². The summed E-state index contributed by atoms with van der Waals surface area (Å²) in [6, 6.07) is 0.172. The van der Waals surface area contributed by atoms with Crippen LogP contribution in [0, 0.1) is 0 Å². The van der Waals surface area contributed by atoms with Gasteiger partial charge in [-0.15, -0.1) is 0 Å². The molecule has 0 spiro atoms. The zero-order chi connectivity index (χ0) is 14.0. The molecule has 9 heteroatoms. The Hall–Kier alpha value is -0.700. The van der Waals surface area contributed by atoms with Gasteiger partial charge < -0.3 is 0 Å². The summed E-state index contributed by atoms with van der Waals surface area (Å²) in [6.45, 7) is 0. The first-order chi connectivity index (χ1) is 8.86. The lowest BCUT2D eigenvalue weighted by Gasteiger charge is -2.24. The normalized spacial score (nSPS) is 24.2. The van der Waals surface area contributed by atoms with Crippen molar-refractivity contribution in [2.24, 2.45) is 4.36 Å². The van der Waals surface area contributed by atoms with Gasteiger partial charge in [-0.2, -0.15) is 22.6 Å². The number of halogens is 4. The molecule has 0 aliphatic carbocycles. The number of carbonyl (C=O) groups is 1. The zero-order valence-corrected chi connectivity index (χ0v) is 12.1. The molecule has 2 heterocycles. The van der Waals surface area contributed by atoms with Crippen molar-refractivity contribution in [2.45, 2.75) is 25.1 Å². The number of aromatic nitrogens is 2. The van der Waals surface area contributed by atoms with Crippen LogP contribution in [0.3, 0.4) is 0 Å². The molecule has 0 saturated carbocycles. The maximum Gasteiger partial charge on any atom is 0.474 e. The van der Waals surface area contributed by atoms with Gasteiger partial charge in [0.25, 0.3) is 0 Å². The van der Waals surface area contributed by atoms with Crippen LogP contribution in [0.4, 0.5) is 13.2 Å². The van der Waals surface area contributed by atoms with Gasteiger partial charge in [-0.25, -0.2) is 0 Å². The molecule has 1 aromatic heterocycles. The molecule has 1 saturated heterocycles. The van der Waals surface area contributed by atoms with Crippen molar-refractivity contribution in [3.8, 4) is 0 Å². The molecular formula is C10H11BrF3N3OS. The fourth-order valence-electron chi connectivity index (χ4n) is 1.83. The van der Waals surface area contributed by atoms with Crippen LogP contribution in [0.5, 0.6) is 0 Å². The monoisotopic (exact) mass is 357 g/mol. The van der Waals surface area contributed by atoms with E-state index in [1.54, 1.807) is 10.9 Å². The lowest BCUT2D eigenvalue weighted by molar-refractivity contribution is -0.169. The second-order valence-corrected chi connectivity index (χ2v) is 6.97. The Balaban J connectivity index is 1.96. The van der Waals surface area contributed by atoms with Crippen molar-refractivity contribution in [3.05, 3.63) is 16.9 Å². The predicted molar refractivity (Wildman–Crippen MR) is 68.8 cm³/mol. The largest absolute Gasteiger partial charge is 0.474 e. The molecule has 1 amide bonds. The third-order valence-corrected chi connectivity index (χ3v) is 5.02. The van der Waals surface area contributed by atoms with Gasteiger partial charge in [-0.3, -0.25) is 9.48 Å². The maximum atomic E-state index is 12.1. The van der Waals surface area contributed by atoms with E-state index in [4.69, 9.17) is 0 Å². The summed E-state index contributed by atoms with van der Waals surface area (Å²) in [5.41, 5.74) is 0. The Kier molecular flexibility index (Phi) is 4.44. The molecule has 0 unspecified atom stereocenters. The minimum Gasteiger partial charge on any atom is -0.268 e. The topological polar surface area (TPSA) is 47.2 Å². The molecule has 4 nitrogen and oxygen atoms in total. The molecule has 1 aromatic rings. The molecule has 0 radical (unpaired) electrons. The van der Waals surface area contributed by atoms with E-state index in [0.717, 1.165) is 4.47 Å². The average Bonchev–Trinajstić information content (AvgIpc) is 2.75. The number of hydrogen-bond donors (Lipinski definition) is 0. The lowest BCUT2D eigenvalue weighted by Crippen LogP contribution is -2.25. The van der Waals surface area contributed by atoms with E-state index in [1.165, 1.54) is 0 Å². The molecule has 1 aliphatic rings. The molecule has 0 atom stereocenters. The molecule has 0 N–H and O–H groups in total. The minimum absolute atomic E-state index is 0.172. The highest BCUT2D eigenvalue weighted by Crippen LogP contribution is 2.25. The van der Waals surface area contributed by atoms with Crippen LogP contribution < -0.4 is 0 Å². The Labute approximate surface area is 118 Å². The van der Waals surface area contributed by atoms with Crippen molar-refractivity contribution in [3.63, 3.8) is 0 Å². The second kappa shape index (κ2) is 5.74. The van der Waals surface area contributed by atoms with Crippen LogP contribution in [0.15, 0.2) is 21.2 Å². The summed E-state index contributed by atoms with van der Waals surface area (Å²) in [5.74, 6) is -0.954. The first-order valence-corrected chi connectivity index (χ1v) is 7.87. The molecule has 1 aliphatic heterocycles. The van der Waals surface area contributed by atoms with E-state index >= 15 is 0 Å². The van der Waals surface area contributed by atoms with E-state index in [0.29, 0.717) is 24.3 Å². The maximum absolute atomic E-state index is 12.1. The van der Waals surface area contributed by atoms with Crippen molar-refractivity contribution >= 4 is 32.5 Å². The highest BCUT2D eigenvalue weighted by atomic mass is 79.9. The molecule has 106 valence electrons. The molecule has 1 fully saturated rings. The Bertz CT molecular complexity index is 504. The van der Waals surface area contributed by atoms with Crippen molar-refractivity contribution < 1.29 is 18.0 Å². The molecule has 19 heavy (non-hydrogen) atoms. The Morgan fingerprint density at radius 1 is 1.47 bits per heavy atom. The van der Waals surface area contributed by atoms with Crippen molar-refractivity contribution in [1.82, 2.24) is 9.78 Å². The summed E-state index contributed by atoms with van der Waals surface area (Å²) in [4.78, 5) is 10.8. The summed E-state index contributed by atoms with van der Waals surface area (Å²) < 4.78 is 42.2. The fourth-order valence-corrected chi connectivity index (χ4v) is 3.94. The summed E-state index contributed by atoms with van der Waals surface area (Å²) in [5, 5.41) is 4.16. The zero-order valence-electron chi connectivity index (χ0n) is 9.73. The highest BCUT2D eigenvalue weighted by Gasteiger charge is 2.39. The molecular weight excluding hydrogens is 347 g/mol. The third kappa shape index (κ3) is 3.88. The predicted octanol–water partition coefficient (Wildman–Crippen LogP) is 2.87. The summed E-state index contributed by atoms with van der Waals surface area (Å²) >= 11 is 3.30. The van der Waals surface area contributed by atoms with Gasteiger partial charge in [0.1, 0.15) is 0 Å². The van der Waals surface area contributed by atoms with Gasteiger partial charge in [0.05, 0.1) is 16.7 Å². The standard InChI is InChI=1S/C10H11BrF3N3OS/c11-7-5-15-17(6-7)8-1-3-19(4-2-8)16-9(18)10(12,13)14/h5-6,8H,1-4H2. The highest BCUT2D eigenvalue weighted by molar-refractivity contribution is 9.10. The van der Waals surface area contributed by atoms with Crippen LogP contribution in [-0.2, 0) is 15.5 Å². The number of rotatable bonds is 1. The van der Waals surface area contributed by atoms with Gasteiger partial charge in [0.15, 0.2) is 0 Å². The summed E-state index contributed by atoms with van der Waals surface area (Å²) in [7, 11) is -0.806. The van der Waals surface area contributed by atoms with Crippen LogP contribution >= 0.6 is 15.9 Å².